The van der Waals surface area contributed by atoms with Gasteiger partial charge in [-0.05, 0) is 43.7 Å². The number of amides is 1. The van der Waals surface area contributed by atoms with Gasteiger partial charge in [-0.15, -0.1) is 0 Å². The molecule has 0 aliphatic heterocycles. The van der Waals surface area contributed by atoms with Crippen molar-refractivity contribution in [3.63, 3.8) is 0 Å². The zero-order chi connectivity index (χ0) is 15.2. The minimum atomic E-state index is 0.0559. The van der Waals surface area contributed by atoms with Crippen LogP contribution in [0.4, 0.5) is 11.4 Å². The van der Waals surface area contributed by atoms with E-state index >= 15 is 0 Å². The fraction of sp³-hybridized carbons (Fsp3) is 0.235. The van der Waals surface area contributed by atoms with Gasteiger partial charge < -0.3 is 10.2 Å². The topological polar surface area (TPSA) is 32.3 Å². The van der Waals surface area contributed by atoms with Gasteiger partial charge in [-0.1, -0.05) is 40.2 Å². The first kappa shape index (κ1) is 15.6. The third kappa shape index (κ3) is 4.08. The number of anilines is 2. The second kappa shape index (κ2) is 7.27. The van der Waals surface area contributed by atoms with Crippen molar-refractivity contribution in [3.05, 3.63) is 58.6 Å². The number of carbonyl (C=O) groups is 1. The minimum absolute atomic E-state index is 0.0559. The van der Waals surface area contributed by atoms with Crippen molar-refractivity contribution in [1.29, 1.82) is 0 Å². The molecule has 0 saturated heterocycles. The lowest BCUT2D eigenvalue weighted by molar-refractivity contribution is -0.116. The molecule has 110 valence electrons. The molecule has 0 spiro atoms. The number of nitrogens with zero attached hydrogens (tertiary/aromatic N) is 1. The summed E-state index contributed by atoms with van der Waals surface area (Å²) in [6.07, 6.45) is 0. The molecule has 0 heterocycles. The van der Waals surface area contributed by atoms with Crippen molar-refractivity contribution in [3.8, 4) is 0 Å². The second-order valence-corrected chi connectivity index (χ2v) is 5.65. The third-order valence-corrected chi connectivity index (χ3v) is 4.16. The zero-order valence-corrected chi connectivity index (χ0v) is 13.9. The lowest BCUT2D eigenvalue weighted by atomic mass is 10.2. The summed E-state index contributed by atoms with van der Waals surface area (Å²) in [7, 11) is 0. The highest BCUT2D eigenvalue weighted by atomic mass is 79.9. The molecule has 2 rings (SSSR count). The summed E-state index contributed by atoms with van der Waals surface area (Å²) < 4.78 is 1.04. The molecular formula is C17H19BrN2O. The molecule has 0 aliphatic rings. The molecule has 0 atom stereocenters. The number of hydrogen-bond donors (Lipinski definition) is 1. The predicted octanol–water partition coefficient (Wildman–Crippen LogP) is 4.22. The molecule has 0 bridgehead atoms. The Kier molecular flexibility index (Phi) is 5.39. The van der Waals surface area contributed by atoms with Gasteiger partial charge in [0.25, 0.3) is 0 Å². The van der Waals surface area contributed by atoms with Crippen LogP contribution in [0.15, 0.2) is 53.0 Å². The number of likely N-dealkylation sites (N-methyl/N-ethyl adjacent to an activating group) is 1. The summed E-state index contributed by atoms with van der Waals surface area (Å²) in [6, 6.07) is 15.7. The lowest BCUT2D eigenvalue weighted by Crippen LogP contribution is -2.35. The van der Waals surface area contributed by atoms with Crippen LogP contribution < -0.4 is 10.2 Å². The Labute approximate surface area is 134 Å². The van der Waals surface area contributed by atoms with Gasteiger partial charge in [0.15, 0.2) is 0 Å². The van der Waals surface area contributed by atoms with Gasteiger partial charge >= 0.3 is 0 Å². The largest absolute Gasteiger partial charge is 0.376 e. The van der Waals surface area contributed by atoms with Crippen LogP contribution in [-0.2, 0) is 4.79 Å². The fourth-order valence-corrected chi connectivity index (χ4v) is 2.47. The number of rotatable bonds is 5. The van der Waals surface area contributed by atoms with E-state index in [1.54, 1.807) is 4.90 Å². The smallest absolute Gasteiger partial charge is 0.246 e. The van der Waals surface area contributed by atoms with Crippen LogP contribution in [0.1, 0.15) is 12.5 Å². The van der Waals surface area contributed by atoms with Gasteiger partial charge in [-0.3, -0.25) is 4.79 Å². The van der Waals surface area contributed by atoms with Crippen molar-refractivity contribution in [2.24, 2.45) is 0 Å². The van der Waals surface area contributed by atoms with Crippen LogP contribution in [0, 0.1) is 6.92 Å². The predicted molar refractivity (Wildman–Crippen MR) is 91.8 cm³/mol. The maximum absolute atomic E-state index is 12.4. The monoisotopic (exact) mass is 346 g/mol. The van der Waals surface area contributed by atoms with E-state index in [9.17, 15) is 4.79 Å². The van der Waals surface area contributed by atoms with Crippen LogP contribution in [-0.4, -0.2) is 19.0 Å². The van der Waals surface area contributed by atoms with Gasteiger partial charge in [0, 0.05) is 22.4 Å². The normalized spacial score (nSPS) is 10.2. The van der Waals surface area contributed by atoms with Crippen molar-refractivity contribution in [2.75, 3.05) is 23.3 Å². The third-order valence-electron chi connectivity index (χ3n) is 3.30. The first-order valence-electron chi connectivity index (χ1n) is 6.97. The first-order valence-corrected chi connectivity index (χ1v) is 7.76. The maximum Gasteiger partial charge on any atom is 0.246 e. The molecule has 4 heteroatoms. The number of halogens is 1. The van der Waals surface area contributed by atoms with Crippen molar-refractivity contribution < 1.29 is 4.79 Å². The Morgan fingerprint density at radius 1 is 1.19 bits per heavy atom. The molecule has 2 aromatic rings. The Bertz CT molecular complexity index is 613. The van der Waals surface area contributed by atoms with E-state index in [0.717, 1.165) is 15.8 Å². The van der Waals surface area contributed by atoms with Crippen molar-refractivity contribution in [2.45, 2.75) is 13.8 Å². The van der Waals surface area contributed by atoms with E-state index < -0.39 is 0 Å². The number of nitrogens with one attached hydrogen (secondary N) is 1. The molecule has 1 N–H and O–H groups in total. The van der Waals surface area contributed by atoms with E-state index in [2.05, 4.69) is 21.2 Å². The molecule has 3 nitrogen and oxygen atoms in total. The quantitative estimate of drug-likeness (QED) is 0.878. The molecule has 1 amide bonds. The van der Waals surface area contributed by atoms with E-state index in [1.165, 1.54) is 5.56 Å². The molecule has 0 aromatic heterocycles. The lowest BCUT2D eigenvalue weighted by Gasteiger charge is -2.21. The van der Waals surface area contributed by atoms with E-state index in [4.69, 9.17) is 0 Å². The Balaban J connectivity index is 2.01. The van der Waals surface area contributed by atoms with E-state index in [1.807, 2.05) is 62.4 Å². The standard InChI is InChI=1S/C17H19BrN2O/c1-3-20(15-7-5-4-6-8-15)17(21)12-19-14-10-9-13(2)16(18)11-14/h4-11,19H,3,12H2,1-2H3. The molecule has 0 saturated carbocycles. The zero-order valence-electron chi connectivity index (χ0n) is 12.3. The Morgan fingerprint density at radius 2 is 1.90 bits per heavy atom. The van der Waals surface area contributed by atoms with Crippen LogP contribution in [0.25, 0.3) is 0 Å². The molecular weight excluding hydrogens is 328 g/mol. The van der Waals surface area contributed by atoms with E-state index in [0.29, 0.717) is 6.54 Å². The number of benzene rings is 2. The van der Waals surface area contributed by atoms with Gasteiger partial charge in [0.1, 0.15) is 0 Å². The van der Waals surface area contributed by atoms with Gasteiger partial charge in [0.05, 0.1) is 6.54 Å². The molecule has 0 aliphatic carbocycles. The highest BCUT2D eigenvalue weighted by Gasteiger charge is 2.13. The summed E-state index contributed by atoms with van der Waals surface area (Å²) in [5.41, 5.74) is 3.04. The average molecular weight is 347 g/mol. The van der Waals surface area contributed by atoms with Crippen LogP contribution >= 0.6 is 15.9 Å². The summed E-state index contributed by atoms with van der Waals surface area (Å²) in [5.74, 6) is 0.0559. The van der Waals surface area contributed by atoms with Gasteiger partial charge in [-0.25, -0.2) is 0 Å². The number of para-hydroxylation sites is 1. The minimum Gasteiger partial charge on any atom is -0.376 e. The highest BCUT2D eigenvalue weighted by Crippen LogP contribution is 2.20. The summed E-state index contributed by atoms with van der Waals surface area (Å²) >= 11 is 3.50. The SMILES string of the molecule is CCN(C(=O)CNc1ccc(C)c(Br)c1)c1ccccc1. The molecule has 2 aromatic carbocycles. The van der Waals surface area contributed by atoms with Gasteiger partial charge in [-0.2, -0.15) is 0 Å². The van der Waals surface area contributed by atoms with Gasteiger partial charge in [0.2, 0.25) is 5.91 Å². The van der Waals surface area contributed by atoms with Crippen LogP contribution in [0.3, 0.4) is 0 Å². The first-order chi connectivity index (χ1) is 10.1. The van der Waals surface area contributed by atoms with Crippen molar-refractivity contribution in [1.82, 2.24) is 0 Å². The summed E-state index contributed by atoms with van der Waals surface area (Å²) in [4.78, 5) is 14.1. The highest BCUT2D eigenvalue weighted by molar-refractivity contribution is 9.10. The second-order valence-electron chi connectivity index (χ2n) is 4.79. The molecule has 0 unspecified atom stereocenters. The summed E-state index contributed by atoms with van der Waals surface area (Å²) in [5, 5.41) is 3.18. The van der Waals surface area contributed by atoms with Crippen molar-refractivity contribution >= 4 is 33.2 Å². The molecule has 21 heavy (non-hydrogen) atoms. The Morgan fingerprint density at radius 3 is 2.52 bits per heavy atom. The van der Waals surface area contributed by atoms with Crippen LogP contribution in [0.2, 0.25) is 0 Å². The van der Waals surface area contributed by atoms with Crippen LogP contribution in [0.5, 0.6) is 0 Å². The molecule has 0 radical (unpaired) electrons. The average Bonchev–Trinajstić information content (AvgIpc) is 2.50. The number of aryl methyl sites for hydroxylation is 1. The van der Waals surface area contributed by atoms with E-state index in [-0.39, 0.29) is 12.5 Å². The fourth-order valence-electron chi connectivity index (χ4n) is 2.09. The number of hydrogen-bond acceptors (Lipinski definition) is 2. The molecule has 0 fully saturated rings. The summed E-state index contributed by atoms with van der Waals surface area (Å²) in [6.45, 7) is 4.95. The Hall–Kier alpha value is -1.81. The number of carbonyl (C=O) groups excluding carboxylic acids is 1. The maximum atomic E-state index is 12.4.